The molecule has 0 heterocycles. The average Bonchev–Trinajstić information content (AvgIpc) is 2.76. The van der Waals surface area contributed by atoms with Gasteiger partial charge in [0.25, 0.3) is 0 Å². The Morgan fingerprint density at radius 3 is 2.16 bits per heavy atom. The Bertz CT molecular complexity index is 1090. The number of Topliss-reactive ketones (excluding diaryl/α,β-unsaturated/α-hetero) is 1. The van der Waals surface area contributed by atoms with Crippen LogP contribution >= 0.6 is 0 Å². The number of nitrogens with one attached hydrogen (secondary N) is 1. The van der Waals surface area contributed by atoms with Gasteiger partial charge in [0, 0.05) is 12.0 Å². The van der Waals surface area contributed by atoms with Crippen molar-refractivity contribution in [2.75, 3.05) is 5.32 Å². The molecule has 7 nitrogen and oxygen atoms in total. The number of ketones is 1. The number of carboxylic acid groups (broad SMARTS) is 1. The molecule has 3 rings (SSSR count). The predicted octanol–water partition coefficient (Wildman–Crippen LogP) is 3.26. The van der Waals surface area contributed by atoms with Gasteiger partial charge in [0.15, 0.2) is 11.9 Å². The molecule has 0 aliphatic heterocycles. The maximum absolute atomic E-state index is 12.5. The summed E-state index contributed by atoms with van der Waals surface area (Å²) in [6.07, 6.45) is -2.49. The topological polar surface area (TPSA) is 124 Å². The molecule has 0 unspecified atom stereocenters. The third kappa shape index (κ3) is 5.77. The van der Waals surface area contributed by atoms with Gasteiger partial charge in [-0.2, -0.15) is 0 Å². The Kier molecular flexibility index (Phi) is 6.79. The molecule has 0 aromatic heterocycles. The predicted molar refractivity (Wildman–Crippen MR) is 115 cm³/mol. The minimum absolute atomic E-state index is 0.0569. The van der Waals surface area contributed by atoms with Crippen molar-refractivity contribution in [1.82, 2.24) is 0 Å². The zero-order valence-corrected chi connectivity index (χ0v) is 16.5. The van der Waals surface area contributed by atoms with Crippen LogP contribution in [0, 0.1) is 0 Å². The number of phenolic OH excluding ortho intramolecular Hbond substituents is 1. The summed E-state index contributed by atoms with van der Waals surface area (Å²) in [6.45, 7) is 0. The van der Waals surface area contributed by atoms with Gasteiger partial charge in [-0.15, -0.1) is 0 Å². The molecule has 31 heavy (non-hydrogen) atoms. The Morgan fingerprint density at radius 2 is 1.52 bits per heavy atom. The van der Waals surface area contributed by atoms with Crippen molar-refractivity contribution >= 4 is 23.3 Å². The first-order valence-corrected chi connectivity index (χ1v) is 9.55. The number of aromatic hydroxyl groups is 1. The number of aliphatic hydroxyl groups is 1. The van der Waals surface area contributed by atoms with Crippen molar-refractivity contribution in [3.05, 3.63) is 83.9 Å². The summed E-state index contributed by atoms with van der Waals surface area (Å²) in [5.74, 6) is -2.85. The number of carbonyl (C=O) groups excluding carboxylic acids is 2. The van der Waals surface area contributed by atoms with Crippen molar-refractivity contribution in [3.8, 4) is 16.9 Å². The summed E-state index contributed by atoms with van der Waals surface area (Å²) in [5, 5.41) is 30.5. The standard InChI is InChI=1S/C24H21NO6/c26-18-10-11-20(19(13-18)21(27)14-22(28)24(30)31)25-23(29)12-15-6-8-17(9-7-15)16-4-2-1-3-5-16/h1-11,13,22,26,28H,12,14H2,(H,25,29)(H,30,31)/t22-/m0/s1. The van der Waals surface area contributed by atoms with E-state index in [2.05, 4.69) is 5.32 Å². The molecule has 0 bridgehead atoms. The van der Waals surface area contributed by atoms with Crippen molar-refractivity contribution < 1.29 is 29.7 Å². The molecule has 0 saturated carbocycles. The maximum Gasteiger partial charge on any atom is 0.332 e. The second kappa shape index (κ2) is 9.69. The fraction of sp³-hybridized carbons (Fsp3) is 0.125. The van der Waals surface area contributed by atoms with Crippen LogP contribution in [0.5, 0.6) is 5.75 Å². The molecule has 1 atom stereocenters. The van der Waals surface area contributed by atoms with Gasteiger partial charge in [-0.3, -0.25) is 9.59 Å². The Hall–Kier alpha value is -3.97. The zero-order valence-electron chi connectivity index (χ0n) is 16.5. The van der Waals surface area contributed by atoms with Gasteiger partial charge in [0.2, 0.25) is 5.91 Å². The second-order valence-corrected chi connectivity index (χ2v) is 7.00. The molecule has 0 radical (unpaired) electrons. The third-order valence-corrected chi connectivity index (χ3v) is 4.67. The van der Waals surface area contributed by atoms with Crippen LogP contribution in [-0.4, -0.2) is 39.1 Å². The van der Waals surface area contributed by atoms with E-state index in [1.165, 1.54) is 12.1 Å². The number of hydrogen-bond acceptors (Lipinski definition) is 5. The second-order valence-electron chi connectivity index (χ2n) is 7.00. The highest BCUT2D eigenvalue weighted by Gasteiger charge is 2.22. The molecular weight excluding hydrogens is 398 g/mol. The van der Waals surface area contributed by atoms with Crippen LogP contribution in [0.25, 0.3) is 11.1 Å². The van der Waals surface area contributed by atoms with E-state index < -0.39 is 24.3 Å². The SMILES string of the molecule is O=C(Cc1ccc(-c2ccccc2)cc1)Nc1ccc(O)cc1C(=O)C[C@H](O)C(=O)O. The lowest BCUT2D eigenvalue weighted by Gasteiger charge is -2.12. The summed E-state index contributed by atoms with van der Waals surface area (Å²) in [4.78, 5) is 35.6. The molecular formula is C24H21NO6. The summed E-state index contributed by atoms with van der Waals surface area (Å²) in [5.41, 5.74) is 2.91. The number of carboxylic acids is 1. The van der Waals surface area contributed by atoms with Gasteiger partial charge < -0.3 is 20.6 Å². The lowest BCUT2D eigenvalue weighted by molar-refractivity contribution is -0.146. The van der Waals surface area contributed by atoms with E-state index in [1.54, 1.807) is 0 Å². The number of anilines is 1. The number of rotatable bonds is 8. The highest BCUT2D eigenvalue weighted by Crippen LogP contribution is 2.24. The molecule has 3 aromatic rings. The summed E-state index contributed by atoms with van der Waals surface area (Å²) >= 11 is 0. The smallest absolute Gasteiger partial charge is 0.332 e. The molecule has 0 spiro atoms. The Balaban J connectivity index is 1.70. The monoisotopic (exact) mass is 419 g/mol. The molecule has 0 saturated heterocycles. The minimum Gasteiger partial charge on any atom is -0.508 e. The van der Waals surface area contributed by atoms with Gasteiger partial charge in [-0.05, 0) is 34.9 Å². The molecule has 0 fully saturated rings. The summed E-state index contributed by atoms with van der Waals surface area (Å²) in [7, 11) is 0. The van der Waals surface area contributed by atoms with E-state index in [0.717, 1.165) is 22.8 Å². The Morgan fingerprint density at radius 1 is 0.871 bits per heavy atom. The molecule has 4 N–H and O–H groups in total. The number of carbonyl (C=O) groups is 3. The van der Waals surface area contributed by atoms with E-state index in [-0.39, 0.29) is 29.3 Å². The fourth-order valence-electron chi connectivity index (χ4n) is 3.07. The molecule has 3 aromatic carbocycles. The molecule has 158 valence electrons. The first-order valence-electron chi connectivity index (χ1n) is 9.55. The van der Waals surface area contributed by atoms with Crippen LogP contribution in [0.4, 0.5) is 5.69 Å². The van der Waals surface area contributed by atoms with E-state index in [1.807, 2.05) is 54.6 Å². The normalized spacial score (nSPS) is 11.5. The number of amides is 1. The quantitative estimate of drug-likeness (QED) is 0.328. The number of aliphatic carboxylic acids is 1. The van der Waals surface area contributed by atoms with E-state index in [9.17, 15) is 24.6 Å². The molecule has 7 heteroatoms. The average molecular weight is 419 g/mol. The third-order valence-electron chi connectivity index (χ3n) is 4.67. The highest BCUT2D eigenvalue weighted by atomic mass is 16.4. The largest absolute Gasteiger partial charge is 0.508 e. The van der Waals surface area contributed by atoms with Crippen LogP contribution in [0.15, 0.2) is 72.8 Å². The minimum atomic E-state index is -1.87. The van der Waals surface area contributed by atoms with Crippen molar-refractivity contribution in [2.24, 2.45) is 0 Å². The fourth-order valence-corrected chi connectivity index (χ4v) is 3.07. The van der Waals surface area contributed by atoms with Crippen LogP contribution < -0.4 is 5.32 Å². The lowest BCUT2D eigenvalue weighted by Crippen LogP contribution is -2.24. The van der Waals surface area contributed by atoms with Gasteiger partial charge in [-0.1, -0.05) is 54.6 Å². The first kappa shape index (κ1) is 21.7. The maximum atomic E-state index is 12.5. The molecule has 0 aliphatic carbocycles. The van der Waals surface area contributed by atoms with E-state index in [4.69, 9.17) is 5.11 Å². The lowest BCUT2D eigenvalue weighted by atomic mass is 10.0. The number of phenols is 1. The van der Waals surface area contributed by atoms with E-state index >= 15 is 0 Å². The van der Waals surface area contributed by atoms with Crippen molar-refractivity contribution in [2.45, 2.75) is 18.9 Å². The molecule has 0 aliphatic rings. The molecule has 1 amide bonds. The van der Waals surface area contributed by atoms with Crippen molar-refractivity contribution in [3.63, 3.8) is 0 Å². The highest BCUT2D eigenvalue weighted by molar-refractivity contribution is 6.06. The van der Waals surface area contributed by atoms with Gasteiger partial charge in [-0.25, -0.2) is 4.79 Å². The summed E-state index contributed by atoms with van der Waals surface area (Å²) in [6, 6.07) is 21.1. The summed E-state index contributed by atoms with van der Waals surface area (Å²) < 4.78 is 0. The first-order chi connectivity index (χ1) is 14.8. The number of benzene rings is 3. The number of aliphatic hydroxyl groups excluding tert-OH is 1. The van der Waals surface area contributed by atoms with Gasteiger partial charge in [0.1, 0.15) is 5.75 Å². The zero-order chi connectivity index (χ0) is 22.4. The van der Waals surface area contributed by atoms with Crippen LogP contribution in [0.2, 0.25) is 0 Å². The van der Waals surface area contributed by atoms with E-state index in [0.29, 0.717) is 0 Å². The van der Waals surface area contributed by atoms with Crippen LogP contribution in [0.3, 0.4) is 0 Å². The van der Waals surface area contributed by atoms with Gasteiger partial charge in [0.05, 0.1) is 12.1 Å². The van der Waals surface area contributed by atoms with Crippen molar-refractivity contribution in [1.29, 1.82) is 0 Å². The number of hydrogen-bond donors (Lipinski definition) is 4. The van der Waals surface area contributed by atoms with Crippen LogP contribution in [-0.2, 0) is 16.0 Å². The van der Waals surface area contributed by atoms with Crippen LogP contribution in [0.1, 0.15) is 22.3 Å². The van der Waals surface area contributed by atoms with Gasteiger partial charge >= 0.3 is 5.97 Å². The Labute approximate surface area is 178 Å².